The van der Waals surface area contributed by atoms with Crippen LogP contribution in [-0.4, -0.2) is 66.9 Å². The third kappa shape index (κ3) is 8.70. The number of ether oxygens (including phenoxy) is 3. The molecule has 12 nitrogen and oxygen atoms in total. The molecular weight excluding hydrogens is 814 g/mol. The number of halogens is 1. The minimum atomic E-state index is -1.11. The number of aryl methyl sites for hydroxylation is 1. The zero-order valence-electron chi connectivity index (χ0n) is 36.1. The van der Waals surface area contributed by atoms with Gasteiger partial charge in [0.25, 0.3) is 0 Å². The number of aliphatic carboxylic acids is 1. The predicted molar refractivity (Wildman–Crippen MR) is 243 cm³/mol. The van der Waals surface area contributed by atoms with Gasteiger partial charge in [-0.15, -0.1) is 5.10 Å². The molecule has 13 heteroatoms. The van der Waals surface area contributed by atoms with Gasteiger partial charge in [-0.25, -0.2) is 19.4 Å². The number of fused-ring (bicyclic) bond motifs is 3. The molecule has 0 aliphatic heterocycles. The first kappa shape index (κ1) is 42.3. The Morgan fingerprint density at radius 1 is 0.968 bits per heavy atom. The lowest BCUT2D eigenvalue weighted by atomic mass is 9.59. The van der Waals surface area contributed by atoms with Crippen molar-refractivity contribution >= 4 is 23.3 Å². The fraction of sp³-hybridized carbons (Fsp3) is 0.400. The molecule has 9 rings (SSSR count). The maximum absolute atomic E-state index is 13.1. The van der Waals surface area contributed by atoms with Crippen LogP contribution in [0.5, 0.6) is 17.2 Å². The van der Waals surface area contributed by atoms with Crippen molar-refractivity contribution in [2.45, 2.75) is 95.1 Å². The number of benzene rings is 3. The Bertz CT molecular complexity index is 2590. The SMILES string of the molecule is COc1ccccc1-c1ccnc(-c2cn(CCOc3ccc4c(c3)C3(CCC(Nc5cccc(Cl)c5)(C(=O)O)CC3)C(C[C@@H](C)COc3ccnc5c3[C@H](C)CCC5)C4)nn2)n1. The third-order valence-electron chi connectivity index (χ3n) is 13.7. The van der Waals surface area contributed by atoms with Gasteiger partial charge >= 0.3 is 5.97 Å². The van der Waals surface area contributed by atoms with Gasteiger partial charge in [-0.3, -0.25) is 4.98 Å². The Balaban J connectivity index is 0.915. The van der Waals surface area contributed by atoms with Crippen molar-refractivity contribution in [1.29, 1.82) is 0 Å². The quantitative estimate of drug-likeness (QED) is 0.102. The van der Waals surface area contributed by atoms with Gasteiger partial charge in [0.15, 0.2) is 5.82 Å². The van der Waals surface area contributed by atoms with Crippen molar-refractivity contribution in [1.82, 2.24) is 29.9 Å². The molecule has 63 heavy (non-hydrogen) atoms. The first-order valence-corrected chi connectivity index (χ1v) is 22.5. The number of pyridine rings is 1. The van der Waals surface area contributed by atoms with Gasteiger partial charge in [0.1, 0.15) is 35.1 Å². The number of nitrogens with one attached hydrogen (secondary N) is 1. The molecule has 3 aliphatic carbocycles. The Labute approximate surface area is 373 Å². The smallest absolute Gasteiger partial charge is 0.329 e. The van der Waals surface area contributed by atoms with Gasteiger partial charge < -0.3 is 24.6 Å². The molecule has 1 spiro atoms. The molecule has 3 aromatic carbocycles. The van der Waals surface area contributed by atoms with E-state index in [0.29, 0.717) is 66.7 Å². The molecule has 1 saturated carbocycles. The number of hydrogen-bond donors (Lipinski definition) is 2. The first-order valence-electron chi connectivity index (χ1n) is 22.1. The van der Waals surface area contributed by atoms with Gasteiger partial charge in [0.2, 0.25) is 0 Å². The summed E-state index contributed by atoms with van der Waals surface area (Å²) < 4.78 is 20.3. The number of hydrogen-bond acceptors (Lipinski definition) is 10. The van der Waals surface area contributed by atoms with E-state index in [1.807, 2.05) is 60.9 Å². The van der Waals surface area contributed by atoms with Crippen LogP contribution < -0.4 is 19.5 Å². The van der Waals surface area contributed by atoms with Crippen molar-refractivity contribution < 1.29 is 24.1 Å². The molecule has 2 N–H and O–H groups in total. The summed E-state index contributed by atoms with van der Waals surface area (Å²) in [6, 6.07) is 25.4. The number of methoxy groups -OCH3 is 1. The zero-order valence-corrected chi connectivity index (χ0v) is 36.9. The summed E-state index contributed by atoms with van der Waals surface area (Å²) in [7, 11) is 1.64. The van der Waals surface area contributed by atoms with E-state index in [1.165, 1.54) is 22.4 Å². The number of nitrogens with zero attached hydrogens (tertiary/aromatic N) is 6. The second-order valence-electron chi connectivity index (χ2n) is 17.7. The van der Waals surface area contributed by atoms with E-state index in [4.69, 9.17) is 30.8 Å². The van der Waals surface area contributed by atoms with E-state index in [0.717, 1.165) is 73.5 Å². The van der Waals surface area contributed by atoms with E-state index in [9.17, 15) is 9.90 Å². The van der Waals surface area contributed by atoms with Gasteiger partial charge in [-0.05, 0) is 147 Å². The molecule has 0 radical (unpaired) electrons. The highest BCUT2D eigenvalue weighted by Crippen LogP contribution is 2.57. The van der Waals surface area contributed by atoms with Crippen LogP contribution in [0.2, 0.25) is 5.02 Å². The molecule has 0 amide bonds. The summed E-state index contributed by atoms with van der Waals surface area (Å²) in [6.45, 7) is 6.01. The Kier molecular flexibility index (Phi) is 12.1. The lowest BCUT2D eigenvalue weighted by Gasteiger charge is -2.47. The van der Waals surface area contributed by atoms with Crippen LogP contribution in [0.1, 0.15) is 87.1 Å². The van der Waals surface area contributed by atoms with Crippen molar-refractivity contribution in [2.24, 2.45) is 11.8 Å². The number of carboxylic acid groups (broad SMARTS) is 1. The lowest BCUT2D eigenvalue weighted by Crippen LogP contribution is -2.53. The van der Waals surface area contributed by atoms with Crippen molar-refractivity contribution in [2.75, 3.05) is 25.6 Å². The Morgan fingerprint density at radius 2 is 1.81 bits per heavy atom. The van der Waals surface area contributed by atoms with Crippen LogP contribution in [0.4, 0.5) is 5.69 Å². The third-order valence-corrected chi connectivity index (χ3v) is 13.9. The van der Waals surface area contributed by atoms with E-state index in [2.05, 4.69) is 57.6 Å². The van der Waals surface area contributed by atoms with Gasteiger partial charge in [0, 0.05) is 39.9 Å². The van der Waals surface area contributed by atoms with Crippen molar-refractivity contribution in [3.63, 3.8) is 0 Å². The summed E-state index contributed by atoms with van der Waals surface area (Å²) in [6.07, 6.45) is 13.0. The highest BCUT2D eigenvalue weighted by atomic mass is 35.5. The van der Waals surface area contributed by atoms with E-state index >= 15 is 0 Å². The fourth-order valence-electron chi connectivity index (χ4n) is 10.4. The molecule has 3 atom stereocenters. The van der Waals surface area contributed by atoms with E-state index < -0.39 is 11.5 Å². The summed E-state index contributed by atoms with van der Waals surface area (Å²) in [5, 5.41) is 23.5. The topological polar surface area (TPSA) is 146 Å². The monoisotopic (exact) mass is 867 g/mol. The summed E-state index contributed by atoms with van der Waals surface area (Å²) in [5.41, 5.74) is 6.56. The Hall–Kier alpha value is -6.01. The van der Waals surface area contributed by atoms with Crippen LogP contribution in [0.15, 0.2) is 97.5 Å². The number of anilines is 1. The maximum atomic E-state index is 13.1. The van der Waals surface area contributed by atoms with Crippen LogP contribution in [0.3, 0.4) is 0 Å². The molecule has 326 valence electrons. The van der Waals surface area contributed by atoms with Crippen LogP contribution >= 0.6 is 11.6 Å². The fourth-order valence-corrected chi connectivity index (χ4v) is 10.6. The highest BCUT2D eigenvalue weighted by Gasteiger charge is 2.54. The molecule has 3 aliphatic rings. The van der Waals surface area contributed by atoms with Gasteiger partial charge in [0.05, 0.1) is 32.2 Å². The van der Waals surface area contributed by atoms with Crippen LogP contribution in [0.25, 0.3) is 22.8 Å². The summed E-state index contributed by atoms with van der Waals surface area (Å²) in [4.78, 5) is 27.0. The highest BCUT2D eigenvalue weighted by molar-refractivity contribution is 6.30. The predicted octanol–water partition coefficient (Wildman–Crippen LogP) is 10.0. The number of carboxylic acids is 1. The van der Waals surface area contributed by atoms with Gasteiger partial charge in [-0.1, -0.05) is 54.9 Å². The average molecular weight is 868 g/mol. The zero-order chi connectivity index (χ0) is 43.6. The minimum absolute atomic E-state index is 0.221. The van der Waals surface area contributed by atoms with Crippen LogP contribution in [-0.2, 0) is 29.6 Å². The second kappa shape index (κ2) is 18.0. The first-order chi connectivity index (χ1) is 30.6. The average Bonchev–Trinajstić information content (AvgIpc) is 3.89. The number of carbonyl (C=O) groups is 1. The number of aromatic nitrogens is 6. The van der Waals surface area contributed by atoms with Crippen molar-refractivity contribution in [3.05, 3.63) is 125 Å². The molecule has 3 aromatic heterocycles. The Morgan fingerprint density at radius 3 is 2.63 bits per heavy atom. The normalized spacial score (nSPS) is 21.9. The molecule has 3 heterocycles. The lowest BCUT2D eigenvalue weighted by molar-refractivity contribution is -0.144. The van der Waals surface area contributed by atoms with E-state index in [1.54, 1.807) is 30.1 Å². The number of para-hydroxylation sites is 1. The molecule has 1 fully saturated rings. The number of rotatable bonds is 15. The minimum Gasteiger partial charge on any atom is -0.496 e. The van der Waals surface area contributed by atoms with Crippen LogP contribution in [0, 0.1) is 11.8 Å². The summed E-state index contributed by atoms with van der Waals surface area (Å²) >= 11 is 6.33. The standard InChI is InChI=1S/C50H54ClN7O5/c1-32(31-63-45-17-23-52-42-12-6-8-33(2)46(42)45)26-35-27-34-14-15-38(29-40(34)49(35)18-20-50(21-19-49,48(59)60)55-37-10-7-9-36(51)28-37)62-25-24-58-30-43(56-57-58)47-53-22-16-41(54-47)39-11-4-5-13-44(39)61-3/h4-5,7,9-11,13-17,22-23,28-30,32-33,35,55H,6,8,12,18-21,24-27,31H2,1-3H3,(H,59,60)/t32-,33-,35?,49?,50?/m1/s1. The maximum Gasteiger partial charge on any atom is 0.329 e. The molecule has 0 saturated heterocycles. The van der Waals surface area contributed by atoms with Crippen molar-refractivity contribution in [3.8, 4) is 40.0 Å². The molecule has 6 aromatic rings. The molecule has 0 bridgehead atoms. The second-order valence-corrected chi connectivity index (χ2v) is 18.1. The molecule has 1 unspecified atom stereocenters. The van der Waals surface area contributed by atoms with Gasteiger partial charge in [-0.2, -0.15) is 0 Å². The molecular formula is C50H54ClN7O5. The summed E-state index contributed by atoms with van der Waals surface area (Å²) in [5.74, 6) is 3.12. The largest absolute Gasteiger partial charge is 0.496 e. The van der Waals surface area contributed by atoms with E-state index in [-0.39, 0.29) is 11.3 Å².